The van der Waals surface area contributed by atoms with Crippen LogP contribution in [0.15, 0.2) is 65.3 Å². The minimum atomic E-state index is 0.530. The zero-order valence-corrected chi connectivity index (χ0v) is 14.7. The predicted octanol–water partition coefficient (Wildman–Crippen LogP) is 3.44. The number of hydrogen-bond acceptors (Lipinski definition) is 3. The summed E-state index contributed by atoms with van der Waals surface area (Å²) in [7, 11) is 1.67. The van der Waals surface area contributed by atoms with Gasteiger partial charge in [-0.2, -0.15) is 0 Å². The average molecular weight is 338 g/mol. The summed E-state index contributed by atoms with van der Waals surface area (Å²) in [6, 6.07) is 18.3. The highest BCUT2D eigenvalue weighted by atomic mass is 16.5. The fourth-order valence-electron chi connectivity index (χ4n) is 2.73. The molecule has 2 aromatic carbocycles. The molecule has 0 bridgehead atoms. The molecule has 0 aliphatic heterocycles. The van der Waals surface area contributed by atoms with Gasteiger partial charge in [0.1, 0.15) is 19.7 Å². The number of furan rings is 1. The molecule has 1 aromatic heterocycles. The molecule has 0 fully saturated rings. The van der Waals surface area contributed by atoms with Gasteiger partial charge in [0, 0.05) is 5.56 Å². The summed E-state index contributed by atoms with van der Waals surface area (Å²) in [5.41, 5.74) is 3.57. The van der Waals surface area contributed by atoms with Gasteiger partial charge in [-0.25, -0.2) is 0 Å². The second kappa shape index (κ2) is 8.40. The van der Waals surface area contributed by atoms with Crippen LogP contribution in [0.2, 0.25) is 0 Å². The SMILES string of the molecule is COc1cc(C[NH2+]Cc2ccco2)ccc1OCc1cccc(C)c1. The van der Waals surface area contributed by atoms with E-state index in [4.69, 9.17) is 13.9 Å². The lowest BCUT2D eigenvalue weighted by molar-refractivity contribution is -0.688. The molecule has 25 heavy (non-hydrogen) atoms. The maximum atomic E-state index is 5.94. The Morgan fingerprint density at radius 1 is 0.920 bits per heavy atom. The Hall–Kier alpha value is -2.72. The van der Waals surface area contributed by atoms with Gasteiger partial charge in [0.2, 0.25) is 0 Å². The molecular weight excluding hydrogens is 314 g/mol. The molecule has 0 atom stereocenters. The van der Waals surface area contributed by atoms with E-state index in [2.05, 4.69) is 36.5 Å². The maximum absolute atomic E-state index is 5.94. The first-order chi connectivity index (χ1) is 12.2. The smallest absolute Gasteiger partial charge is 0.161 e. The van der Waals surface area contributed by atoms with Crippen LogP contribution in [0.1, 0.15) is 22.5 Å². The van der Waals surface area contributed by atoms with Crippen LogP contribution >= 0.6 is 0 Å². The number of rotatable bonds is 8. The normalized spacial score (nSPS) is 10.6. The van der Waals surface area contributed by atoms with Crippen molar-refractivity contribution in [1.29, 1.82) is 0 Å². The number of quaternary nitrogens is 1. The Balaban J connectivity index is 1.59. The van der Waals surface area contributed by atoms with Gasteiger partial charge in [0.05, 0.1) is 13.4 Å². The van der Waals surface area contributed by atoms with Crippen LogP contribution in [0, 0.1) is 6.92 Å². The van der Waals surface area contributed by atoms with E-state index in [9.17, 15) is 0 Å². The van der Waals surface area contributed by atoms with Gasteiger partial charge in [-0.05, 0) is 42.8 Å². The molecule has 0 amide bonds. The second-order valence-corrected chi connectivity index (χ2v) is 6.04. The molecule has 0 spiro atoms. The first-order valence-electron chi connectivity index (χ1n) is 8.44. The van der Waals surface area contributed by atoms with E-state index in [1.807, 2.05) is 30.3 Å². The van der Waals surface area contributed by atoms with Crippen molar-refractivity contribution < 1.29 is 19.2 Å². The summed E-state index contributed by atoms with van der Waals surface area (Å²) in [6.45, 7) is 4.29. The third kappa shape index (κ3) is 4.88. The summed E-state index contributed by atoms with van der Waals surface area (Å²) < 4.78 is 16.8. The Bertz CT molecular complexity index is 797. The van der Waals surface area contributed by atoms with Crippen LogP contribution in [0.3, 0.4) is 0 Å². The van der Waals surface area contributed by atoms with Crippen LogP contribution in [0.4, 0.5) is 0 Å². The van der Waals surface area contributed by atoms with Crippen molar-refractivity contribution in [2.75, 3.05) is 7.11 Å². The monoisotopic (exact) mass is 338 g/mol. The number of methoxy groups -OCH3 is 1. The highest BCUT2D eigenvalue weighted by molar-refractivity contribution is 5.43. The Morgan fingerprint density at radius 3 is 2.60 bits per heavy atom. The van der Waals surface area contributed by atoms with Gasteiger partial charge >= 0.3 is 0 Å². The molecule has 0 aliphatic rings. The average Bonchev–Trinajstić information content (AvgIpc) is 3.14. The largest absolute Gasteiger partial charge is 0.493 e. The van der Waals surface area contributed by atoms with Crippen LogP contribution in [-0.2, 0) is 19.7 Å². The molecule has 4 nitrogen and oxygen atoms in total. The highest BCUT2D eigenvalue weighted by Gasteiger charge is 2.08. The van der Waals surface area contributed by atoms with E-state index in [1.54, 1.807) is 13.4 Å². The minimum Gasteiger partial charge on any atom is -0.493 e. The van der Waals surface area contributed by atoms with E-state index in [-0.39, 0.29) is 0 Å². The molecule has 0 saturated carbocycles. The molecule has 4 heteroatoms. The molecule has 3 aromatic rings. The Labute approximate surface area is 148 Å². The third-order valence-electron chi connectivity index (χ3n) is 4.01. The van der Waals surface area contributed by atoms with Crippen LogP contribution in [-0.4, -0.2) is 7.11 Å². The molecule has 130 valence electrons. The fraction of sp³-hybridized carbons (Fsp3) is 0.238. The zero-order valence-electron chi connectivity index (χ0n) is 14.7. The van der Waals surface area contributed by atoms with Crippen molar-refractivity contribution in [2.45, 2.75) is 26.6 Å². The van der Waals surface area contributed by atoms with Gasteiger partial charge < -0.3 is 19.2 Å². The quantitative estimate of drug-likeness (QED) is 0.684. The lowest BCUT2D eigenvalue weighted by Gasteiger charge is -2.12. The van der Waals surface area contributed by atoms with Crippen LogP contribution in [0.5, 0.6) is 11.5 Å². The number of benzene rings is 2. The Morgan fingerprint density at radius 2 is 1.84 bits per heavy atom. The van der Waals surface area contributed by atoms with Crippen LogP contribution < -0.4 is 14.8 Å². The van der Waals surface area contributed by atoms with Crippen LogP contribution in [0.25, 0.3) is 0 Å². The molecular formula is C21H24NO3+. The standard InChI is InChI=1S/C21H23NO3/c1-16-5-3-6-18(11-16)15-25-20-9-8-17(12-21(20)23-2)13-22-14-19-7-4-10-24-19/h3-12,22H,13-15H2,1-2H3/p+1. The van der Waals surface area contributed by atoms with Gasteiger partial charge in [-0.1, -0.05) is 29.8 Å². The first kappa shape index (κ1) is 17.1. The topological polar surface area (TPSA) is 48.2 Å². The van der Waals surface area contributed by atoms with Gasteiger partial charge in [0.25, 0.3) is 0 Å². The van der Waals surface area contributed by atoms with Crippen molar-refractivity contribution in [3.63, 3.8) is 0 Å². The van der Waals surface area contributed by atoms with E-state index in [0.717, 1.165) is 35.9 Å². The first-order valence-corrected chi connectivity index (χ1v) is 8.44. The molecule has 0 unspecified atom stereocenters. The lowest BCUT2D eigenvalue weighted by atomic mass is 10.1. The second-order valence-electron chi connectivity index (χ2n) is 6.04. The minimum absolute atomic E-state index is 0.530. The van der Waals surface area contributed by atoms with Gasteiger partial charge in [-0.3, -0.25) is 0 Å². The maximum Gasteiger partial charge on any atom is 0.161 e. The highest BCUT2D eigenvalue weighted by Crippen LogP contribution is 2.28. The van der Waals surface area contributed by atoms with Gasteiger partial charge in [0.15, 0.2) is 17.3 Å². The number of hydrogen-bond donors (Lipinski definition) is 1. The van der Waals surface area contributed by atoms with Crippen molar-refractivity contribution in [3.05, 3.63) is 83.3 Å². The number of aryl methyl sites for hydroxylation is 1. The van der Waals surface area contributed by atoms with E-state index in [0.29, 0.717) is 6.61 Å². The Kier molecular flexibility index (Phi) is 5.75. The van der Waals surface area contributed by atoms with E-state index >= 15 is 0 Å². The van der Waals surface area contributed by atoms with Crippen molar-refractivity contribution in [3.8, 4) is 11.5 Å². The van der Waals surface area contributed by atoms with E-state index < -0.39 is 0 Å². The molecule has 1 heterocycles. The summed E-state index contributed by atoms with van der Waals surface area (Å²) in [5.74, 6) is 2.50. The summed E-state index contributed by atoms with van der Waals surface area (Å²) in [5, 5.41) is 2.20. The van der Waals surface area contributed by atoms with E-state index in [1.165, 1.54) is 11.1 Å². The summed E-state index contributed by atoms with van der Waals surface area (Å²) in [6.07, 6.45) is 1.70. The molecule has 2 N–H and O–H groups in total. The number of nitrogens with two attached hydrogens (primary N) is 1. The fourth-order valence-corrected chi connectivity index (χ4v) is 2.73. The predicted molar refractivity (Wildman–Crippen MR) is 96.5 cm³/mol. The van der Waals surface area contributed by atoms with Crippen molar-refractivity contribution in [1.82, 2.24) is 0 Å². The molecule has 0 radical (unpaired) electrons. The van der Waals surface area contributed by atoms with Crippen molar-refractivity contribution in [2.24, 2.45) is 0 Å². The zero-order chi connectivity index (χ0) is 17.5. The molecule has 3 rings (SSSR count). The third-order valence-corrected chi connectivity index (χ3v) is 4.01. The molecule has 0 aliphatic carbocycles. The van der Waals surface area contributed by atoms with Crippen molar-refractivity contribution >= 4 is 0 Å². The summed E-state index contributed by atoms with van der Waals surface area (Å²) >= 11 is 0. The lowest BCUT2D eigenvalue weighted by Crippen LogP contribution is -2.80. The molecule has 0 saturated heterocycles. The van der Waals surface area contributed by atoms with Gasteiger partial charge in [-0.15, -0.1) is 0 Å². The summed E-state index contributed by atoms with van der Waals surface area (Å²) in [4.78, 5) is 0. The number of ether oxygens (including phenoxy) is 2.